The molecule has 1 aromatic carbocycles. The summed E-state index contributed by atoms with van der Waals surface area (Å²) in [4.78, 5) is 0. The molecule has 17 heavy (non-hydrogen) atoms. The van der Waals surface area contributed by atoms with Crippen molar-refractivity contribution in [2.24, 2.45) is 0 Å². The zero-order chi connectivity index (χ0) is 12.7. The van der Waals surface area contributed by atoms with Crippen LogP contribution in [0.2, 0.25) is 0 Å². The molecule has 0 amide bonds. The minimum absolute atomic E-state index is 0.202. The van der Waals surface area contributed by atoms with Crippen molar-refractivity contribution in [3.05, 3.63) is 29.8 Å². The summed E-state index contributed by atoms with van der Waals surface area (Å²) in [6.45, 7) is 7.48. The maximum absolute atomic E-state index is 9.13. The van der Waals surface area contributed by atoms with Gasteiger partial charge in [0.2, 0.25) is 0 Å². The lowest BCUT2D eigenvalue weighted by Crippen LogP contribution is -2.18. The fourth-order valence-corrected chi connectivity index (χ4v) is 1.54. The van der Waals surface area contributed by atoms with Crippen LogP contribution in [0.15, 0.2) is 24.3 Å². The van der Waals surface area contributed by atoms with Gasteiger partial charge in [0.1, 0.15) is 5.75 Å². The molecule has 2 N–H and O–H groups in total. The van der Waals surface area contributed by atoms with Crippen molar-refractivity contribution in [1.29, 1.82) is 0 Å². The Hall–Kier alpha value is -1.06. The molecule has 1 aromatic rings. The van der Waals surface area contributed by atoms with Gasteiger partial charge in [-0.2, -0.15) is 0 Å². The summed E-state index contributed by atoms with van der Waals surface area (Å²) in [5.41, 5.74) is 1.20. The van der Waals surface area contributed by atoms with Gasteiger partial charge in [-0.3, -0.25) is 0 Å². The summed E-state index contributed by atoms with van der Waals surface area (Å²) in [5.74, 6) is 0.912. The number of benzene rings is 1. The van der Waals surface area contributed by atoms with Gasteiger partial charge in [-0.1, -0.05) is 12.1 Å². The largest absolute Gasteiger partial charge is 0.491 e. The first-order valence-corrected chi connectivity index (χ1v) is 6.22. The van der Waals surface area contributed by atoms with E-state index in [0.717, 1.165) is 25.3 Å². The fraction of sp³-hybridized carbons (Fsp3) is 0.571. The molecule has 3 nitrogen and oxygen atoms in total. The van der Waals surface area contributed by atoms with Crippen molar-refractivity contribution in [3.8, 4) is 5.75 Å². The molecule has 0 fully saturated rings. The Labute approximate surface area is 104 Å². The molecule has 1 rings (SSSR count). The second-order valence-corrected chi connectivity index (χ2v) is 4.63. The van der Waals surface area contributed by atoms with E-state index < -0.39 is 0 Å². The average Bonchev–Trinajstić information content (AvgIpc) is 2.24. The molecule has 0 bridgehead atoms. The standard InChI is InChI=1S/C14H23NO2/c1-11(2)17-14-6-4-5-13(9-14)10-15-8-7-12(3)16/h4-6,9,11-12,15-16H,7-8,10H2,1-3H3. The molecule has 0 saturated heterocycles. The number of ether oxygens (including phenoxy) is 1. The Morgan fingerprint density at radius 1 is 1.29 bits per heavy atom. The van der Waals surface area contributed by atoms with E-state index in [0.29, 0.717) is 0 Å². The first-order valence-electron chi connectivity index (χ1n) is 6.22. The molecule has 0 spiro atoms. The van der Waals surface area contributed by atoms with E-state index in [2.05, 4.69) is 17.4 Å². The Balaban J connectivity index is 2.37. The van der Waals surface area contributed by atoms with E-state index in [1.165, 1.54) is 5.56 Å². The van der Waals surface area contributed by atoms with Gasteiger partial charge in [-0.15, -0.1) is 0 Å². The molecule has 0 saturated carbocycles. The Morgan fingerprint density at radius 3 is 2.71 bits per heavy atom. The van der Waals surface area contributed by atoms with Crippen LogP contribution in [0.25, 0.3) is 0 Å². The second-order valence-electron chi connectivity index (χ2n) is 4.63. The number of hydrogen-bond acceptors (Lipinski definition) is 3. The zero-order valence-corrected chi connectivity index (χ0v) is 10.9. The summed E-state index contributed by atoms with van der Waals surface area (Å²) in [7, 11) is 0. The minimum atomic E-state index is -0.238. The highest BCUT2D eigenvalue weighted by atomic mass is 16.5. The first kappa shape index (κ1) is 14.0. The predicted molar refractivity (Wildman–Crippen MR) is 70.2 cm³/mol. The summed E-state index contributed by atoms with van der Waals surface area (Å²) in [6, 6.07) is 8.10. The van der Waals surface area contributed by atoms with Crippen molar-refractivity contribution in [1.82, 2.24) is 5.32 Å². The van der Waals surface area contributed by atoms with E-state index >= 15 is 0 Å². The van der Waals surface area contributed by atoms with Crippen molar-refractivity contribution in [2.75, 3.05) is 6.54 Å². The van der Waals surface area contributed by atoms with Crippen LogP contribution in [0.3, 0.4) is 0 Å². The molecular formula is C14H23NO2. The smallest absolute Gasteiger partial charge is 0.120 e. The van der Waals surface area contributed by atoms with Crippen LogP contribution in [0.1, 0.15) is 32.8 Å². The number of hydrogen-bond donors (Lipinski definition) is 2. The van der Waals surface area contributed by atoms with Gasteiger partial charge in [0.25, 0.3) is 0 Å². The molecule has 0 aliphatic carbocycles. The minimum Gasteiger partial charge on any atom is -0.491 e. The van der Waals surface area contributed by atoms with Crippen LogP contribution < -0.4 is 10.1 Å². The maximum atomic E-state index is 9.13. The van der Waals surface area contributed by atoms with Crippen LogP contribution in [0.5, 0.6) is 5.75 Å². The lowest BCUT2D eigenvalue weighted by atomic mass is 10.2. The maximum Gasteiger partial charge on any atom is 0.120 e. The van der Waals surface area contributed by atoms with Gasteiger partial charge < -0.3 is 15.2 Å². The van der Waals surface area contributed by atoms with Crippen molar-refractivity contribution < 1.29 is 9.84 Å². The van der Waals surface area contributed by atoms with E-state index in [1.807, 2.05) is 26.0 Å². The molecule has 0 aliphatic heterocycles. The Kier molecular flexibility index (Phi) is 6.01. The number of aliphatic hydroxyl groups excluding tert-OH is 1. The van der Waals surface area contributed by atoms with Gasteiger partial charge in [-0.25, -0.2) is 0 Å². The van der Waals surface area contributed by atoms with Crippen molar-refractivity contribution in [2.45, 2.75) is 45.9 Å². The molecule has 96 valence electrons. The SMILES string of the molecule is CC(O)CCNCc1cccc(OC(C)C)c1. The van der Waals surface area contributed by atoms with E-state index in [4.69, 9.17) is 9.84 Å². The molecule has 0 heterocycles. The highest BCUT2D eigenvalue weighted by molar-refractivity contribution is 5.28. The molecule has 1 atom stereocenters. The van der Waals surface area contributed by atoms with Crippen molar-refractivity contribution in [3.63, 3.8) is 0 Å². The first-order chi connectivity index (χ1) is 8.08. The third-order valence-corrected chi connectivity index (χ3v) is 2.34. The molecule has 3 heteroatoms. The van der Waals surface area contributed by atoms with Crippen molar-refractivity contribution >= 4 is 0 Å². The number of nitrogens with one attached hydrogen (secondary N) is 1. The third kappa shape index (κ3) is 6.29. The number of aliphatic hydroxyl groups is 1. The van der Waals surface area contributed by atoms with Crippen LogP contribution in [0, 0.1) is 0 Å². The van der Waals surface area contributed by atoms with Gasteiger partial charge in [0.15, 0.2) is 0 Å². The highest BCUT2D eigenvalue weighted by Gasteiger charge is 2.00. The van der Waals surface area contributed by atoms with E-state index in [-0.39, 0.29) is 12.2 Å². The molecule has 0 aromatic heterocycles. The molecule has 1 unspecified atom stereocenters. The molecule has 0 aliphatic rings. The van der Waals surface area contributed by atoms with Gasteiger partial charge >= 0.3 is 0 Å². The highest BCUT2D eigenvalue weighted by Crippen LogP contribution is 2.14. The zero-order valence-electron chi connectivity index (χ0n) is 10.9. The van der Waals surface area contributed by atoms with Crippen LogP contribution in [-0.2, 0) is 6.54 Å². The molecule has 0 radical (unpaired) electrons. The summed E-state index contributed by atoms with van der Waals surface area (Å²) < 4.78 is 5.63. The molecular weight excluding hydrogens is 214 g/mol. The second kappa shape index (κ2) is 7.30. The topological polar surface area (TPSA) is 41.5 Å². The van der Waals surface area contributed by atoms with Crippen LogP contribution in [-0.4, -0.2) is 23.9 Å². The average molecular weight is 237 g/mol. The lowest BCUT2D eigenvalue weighted by molar-refractivity contribution is 0.183. The van der Waals surface area contributed by atoms with Crippen LogP contribution in [0.4, 0.5) is 0 Å². The summed E-state index contributed by atoms with van der Waals surface area (Å²) in [5, 5.41) is 12.4. The predicted octanol–water partition coefficient (Wildman–Crippen LogP) is 2.33. The summed E-state index contributed by atoms with van der Waals surface area (Å²) in [6.07, 6.45) is 0.744. The van der Waals surface area contributed by atoms with Crippen LogP contribution >= 0.6 is 0 Å². The van der Waals surface area contributed by atoms with Gasteiger partial charge in [-0.05, 0) is 51.4 Å². The third-order valence-electron chi connectivity index (χ3n) is 2.34. The Morgan fingerprint density at radius 2 is 2.06 bits per heavy atom. The monoisotopic (exact) mass is 237 g/mol. The van der Waals surface area contributed by atoms with E-state index in [1.54, 1.807) is 6.92 Å². The van der Waals surface area contributed by atoms with Gasteiger partial charge in [0.05, 0.1) is 12.2 Å². The lowest BCUT2D eigenvalue weighted by Gasteiger charge is -2.11. The normalized spacial score (nSPS) is 12.8. The van der Waals surface area contributed by atoms with Gasteiger partial charge in [0, 0.05) is 6.54 Å². The summed E-state index contributed by atoms with van der Waals surface area (Å²) >= 11 is 0. The number of rotatable bonds is 7. The van der Waals surface area contributed by atoms with E-state index in [9.17, 15) is 0 Å². The Bertz CT molecular complexity index is 324. The fourth-order valence-electron chi connectivity index (χ4n) is 1.54. The quantitative estimate of drug-likeness (QED) is 0.715.